The fraction of sp³-hybridized carbons (Fsp3) is 0.357. The summed E-state index contributed by atoms with van der Waals surface area (Å²) in [7, 11) is 1.33. The van der Waals surface area contributed by atoms with Crippen molar-refractivity contribution in [1.29, 1.82) is 0 Å². The molecule has 1 heterocycles. The predicted octanol–water partition coefficient (Wildman–Crippen LogP) is 5.93. The first-order chi connectivity index (χ1) is 19.3. The maximum absolute atomic E-state index is 14.5. The number of methoxy groups -OCH3 is 2. The Morgan fingerprint density at radius 3 is 1.63 bits per heavy atom. The highest BCUT2D eigenvalue weighted by Crippen LogP contribution is 2.47. The van der Waals surface area contributed by atoms with E-state index in [1.54, 1.807) is 0 Å². The zero-order valence-electron chi connectivity index (χ0n) is 21.6. The van der Waals surface area contributed by atoms with Gasteiger partial charge in [0.15, 0.2) is 11.9 Å². The summed E-state index contributed by atoms with van der Waals surface area (Å²) in [4.78, 5) is 26.6. The van der Waals surface area contributed by atoms with E-state index in [1.807, 2.05) is 0 Å². The minimum absolute atomic E-state index is 0.0997. The van der Waals surface area contributed by atoms with Crippen LogP contribution in [0.1, 0.15) is 35.0 Å². The summed E-state index contributed by atoms with van der Waals surface area (Å²) in [5, 5.41) is 0. The molecular weight excluding hydrogens is 562 g/mol. The van der Waals surface area contributed by atoms with Crippen LogP contribution < -0.4 is 0 Å². The summed E-state index contributed by atoms with van der Waals surface area (Å²) in [5.41, 5.74) is -7.99. The number of carbonyl (C=O) groups excluding carboxylic acids is 2. The Hall–Kier alpha value is -3.84. The first kappa shape index (κ1) is 30.1. The van der Waals surface area contributed by atoms with Crippen LogP contribution >= 0.6 is 0 Å². The van der Waals surface area contributed by atoms with Gasteiger partial charge in [-0.05, 0) is 24.5 Å². The average Bonchev–Trinajstić information content (AvgIpc) is 3.40. The third-order valence-electron chi connectivity index (χ3n) is 6.91. The fourth-order valence-electron chi connectivity index (χ4n) is 4.86. The molecule has 2 aromatic carbocycles. The zero-order chi connectivity index (χ0) is 30.1. The highest BCUT2D eigenvalue weighted by atomic mass is 19.4. The monoisotopic (exact) mass is 586 g/mol. The van der Waals surface area contributed by atoms with Gasteiger partial charge in [0.25, 0.3) is 11.2 Å². The summed E-state index contributed by atoms with van der Waals surface area (Å²) >= 11 is 0. The van der Waals surface area contributed by atoms with Crippen LogP contribution in [0.25, 0.3) is 0 Å². The number of carbonyl (C=O) groups is 2. The molecule has 41 heavy (non-hydrogen) atoms. The fourth-order valence-corrected chi connectivity index (χ4v) is 4.86. The summed E-state index contributed by atoms with van der Waals surface area (Å²) in [5.74, 6) is -4.03. The van der Waals surface area contributed by atoms with Crippen molar-refractivity contribution in [2.24, 2.45) is 0 Å². The van der Waals surface area contributed by atoms with Gasteiger partial charge in [-0.2, -0.15) is 26.3 Å². The number of esters is 2. The number of aryl methyl sites for hydroxylation is 1. The number of rotatable bonds is 8. The van der Waals surface area contributed by atoms with Crippen molar-refractivity contribution in [2.45, 2.75) is 48.6 Å². The molecule has 0 aliphatic heterocycles. The SMILES string of the molecule is CO[C@@](C(=O)O[C@H]1CCc2ccoc2[C@H]1OC(=O)[C@](OC)(c1ccccc1)C(F)(F)F)(c1ccccc1)C(F)(F)F. The average molecular weight is 586 g/mol. The van der Waals surface area contributed by atoms with Crippen molar-refractivity contribution in [2.75, 3.05) is 14.2 Å². The van der Waals surface area contributed by atoms with Gasteiger partial charge in [0.1, 0.15) is 6.10 Å². The molecule has 0 N–H and O–H groups in total. The molecule has 0 bridgehead atoms. The number of fused-ring (bicyclic) bond motifs is 1. The maximum Gasteiger partial charge on any atom is 0.432 e. The Morgan fingerprint density at radius 2 is 1.20 bits per heavy atom. The second kappa shape index (κ2) is 11.2. The first-order valence-corrected chi connectivity index (χ1v) is 12.2. The molecule has 1 aromatic heterocycles. The van der Waals surface area contributed by atoms with Crippen LogP contribution in [0.15, 0.2) is 77.4 Å². The van der Waals surface area contributed by atoms with Crippen molar-refractivity contribution < 1.29 is 59.3 Å². The normalized spacial score (nSPS) is 20.3. The topological polar surface area (TPSA) is 84.2 Å². The van der Waals surface area contributed by atoms with Gasteiger partial charge in [-0.25, -0.2) is 9.59 Å². The van der Waals surface area contributed by atoms with Gasteiger partial charge in [0.05, 0.1) is 6.26 Å². The van der Waals surface area contributed by atoms with E-state index in [1.165, 1.54) is 48.7 Å². The molecule has 7 nitrogen and oxygen atoms in total. The van der Waals surface area contributed by atoms with E-state index in [2.05, 4.69) is 0 Å². The Kier molecular flexibility index (Phi) is 8.23. The molecule has 3 aromatic rings. The molecule has 0 saturated carbocycles. The van der Waals surface area contributed by atoms with Crippen molar-refractivity contribution in [3.8, 4) is 0 Å². The number of hydrogen-bond acceptors (Lipinski definition) is 7. The molecule has 0 fully saturated rings. The van der Waals surface area contributed by atoms with Gasteiger partial charge in [0.2, 0.25) is 0 Å². The summed E-state index contributed by atoms with van der Waals surface area (Å²) < 4.78 is 112. The van der Waals surface area contributed by atoms with E-state index < -0.39 is 58.8 Å². The third kappa shape index (κ3) is 5.08. The van der Waals surface area contributed by atoms with Gasteiger partial charge >= 0.3 is 24.3 Å². The predicted molar refractivity (Wildman–Crippen MR) is 128 cm³/mol. The Balaban J connectivity index is 1.74. The van der Waals surface area contributed by atoms with Crippen LogP contribution in [0.3, 0.4) is 0 Å². The quantitative estimate of drug-likeness (QED) is 0.239. The molecule has 0 saturated heterocycles. The van der Waals surface area contributed by atoms with Crippen molar-refractivity contribution in [3.63, 3.8) is 0 Å². The molecule has 0 amide bonds. The second-order valence-corrected chi connectivity index (χ2v) is 9.12. The number of benzene rings is 2. The van der Waals surface area contributed by atoms with Crippen LogP contribution in [-0.4, -0.2) is 44.6 Å². The van der Waals surface area contributed by atoms with Crippen molar-refractivity contribution in [3.05, 3.63) is 95.4 Å². The summed E-state index contributed by atoms with van der Waals surface area (Å²) in [6.45, 7) is 0. The Labute approximate surface area is 229 Å². The van der Waals surface area contributed by atoms with Gasteiger partial charge < -0.3 is 23.4 Å². The lowest BCUT2D eigenvalue weighted by Gasteiger charge is -2.38. The Morgan fingerprint density at radius 1 is 0.732 bits per heavy atom. The number of halogens is 6. The zero-order valence-corrected chi connectivity index (χ0v) is 21.6. The lowest BCUT2D eigenvalue weighted by atomic mass is 9.90. The van der Waals surface area contributed by atoms with Crippen LogP contribution in [0.4, 0.5) is 26.3 Å². The Bertz CT molecular complexity index is 1360. The number of ether oxygens (including phenoxy) is 4. The number of furan rings is 1. The van der Waals surface area contributed by atoms with E-state index in [4.69, 9.17) is 23.4 Å². The lowest BCUT2D eigenvalue weighted by Crippen LogP contribution is -2.54. The largest absolute Gasteiger partial charge is 0.465 e. The van der Waals surface area contributed by atoms with E-state index in [9.17, 15) is 35.9 Å². The smallest absolute Gasteiger partial charge is 0.432 e. The number of hydrogen-bond donors (Lipinski definition) is 0. The molecule has 0 unspecified atom stereocenters. The van der Waals surface area contributed by atoms with E-state index in [0.29, 0.717) is 19.8 Å². The molecule has 13 heteroatoms. The van der Waals surface area contributed by atoms with Crippen LogP contribution in [0, 0.1) is 0 Å². The third-order valence-corrected chi connectivity index (χ3v) is 6.91. The highest BCUT2D eigenvalue weighted by Gasteiger charge is 2.66. The van der Waals surface area contributed by atoms with Crippen molar-refractivity contribution in [1.82, 2.24) is 0 Å². The van der Waals surface area contributed by atoms with Crippen LogP contribution in [0.5, 0.6) is 0 Å². The molecule has 0 radical (unpaired) electrons. The number of alkyl halides is 6. The van der Waals surface area contributed by atoms with Crippen LogP contribution in [-0.2, 0) is 46.2 Å². The summed E-state index contributed by atoms with van der Waals surface area (Å²) in [6.07, 6.45) is -13.1. The maximum atomic E-state index is 14.5. The minimum atomic E-state index is -5.33. The van der Waals surface area contributed by atoms with Crippen LogP contribution in [0.2, 0.25) is 0 Å². The molecule has 220 valence electrons. The first-order valence-electron chi connectivity index (χ1n) is 12.2. The standard InChI is InChI=1S/C28H24F6O7/c1-37-25(27(29,30)31,18-9-5-3-6-10-18)23(35)40-20-14-13-17-15-16-39-21(17)22(20)41-24(36)26(38-2,28(32,33)34)19-11-7-4-8-12-19/h3-12,15-16,20,22H,13-14H2,1-2H3/t20-,22-,25+,26+/m0/s1. The van der Waals surface area contributed by atoms with Gasteiger partial charge in [-0.1, -0.05) is 60.7 Å². The second-order valence-electron chi connectivity index (χ2n) is 9.12. The van der Waals surface area contributed by atoms with Gasteiger partial charge in [-0.15, -0.1) is 0 Å². The molecule has 1 aliphatic carbocycles. The minimum Gasteiger partial charge on any atom is -0.465 e. The molecule has 4 rings (SSSR count). The lowest BCUT2D eigenvalue weighted by molar-refractivity contribution is -0.286. The van der Waals surface area contributed by atoms with E-state index in [-0.39, 0.29) is 18.6 Å². The highest BCUT2D eigenvalue weighted by molar-refractivity contribution is 5.84. The van der Waals surface area contributed by atoms with E-state index >= 15 is 0 Å². The molecule has 4 atom stereocenters. The van der Waals surface area contributed by atoms with E-state index in [0.717, 1.165) is 24.3 Å². The van der Waals surface area contributed by atoms with Crippen molar-refractivity contribution >= 4 is 11.9 Å². The molecular formula is C28H24F6O7. The summed E-state index contributed by atoms with van der Waals surface area (Å²) in [6, 6.07) is 13.4. The van der Waals surface area contributed by atoms with Gasteiger partial charge in [0, 0.05) is 25.3 Å². The molecule has 0 spiro atoms. The molecule has 1 aliphatic rings. The van der Waals surface area contributed by atoms with Gasteiger partial charge in [-0.3, -0.25) is 0 Å².